The minimum absolute atomic E-state index is 0.0109. The second-order valence-electron chi connectivity index (χ2n) is 6.68. The highest BCUT2D eigenvalue weighted by Gasteiger charge is 2.25. The Labute approximate surface area is 155 Å². The molecule has 2 aromatic carbocycles. The van der Waals surface area contributed by atoms with Crippen molar-refractivity contribution in [3.05, 3.63) is 69.7 Å². The van der Waals surface area contributed by atoms with Gasteiger partial charge in [0.1, 0.15) is 0 Å². The number of amides is 2. The number of aromatic nitrogens is 1. The molecule has 0 spiro atoms. The number of H-pyrrole nitrogens is 1. The van der Waals surface area contributed by atoms with Crippen LogP contribution in [0.2, 0.25) is 0 Å². The summed E-state index contributed by atoms with van der Waals surface area (Å²) in [5, 5.41) is 0. The summed E-state index contributed by atoms with van der Waals surface area (Å²) in [5.74, 6) is -0.678. The van der Waals surface area contributed by atoms with Crippen LogP contribution in [0, 0.1) is 6.92 Å². The predicted molar refractivity (Wildman–Crippen MR) is 99.8 cm³/mol. The Bertz CT molecular complexity index is 1070. The maximum atomic E-state index is 12.7. The van der Waals surface area contributed by atoms with E-state index in [9.17, 15) is 14.4 Å². The molecule has 138 valence electrons. The minimum atomic E-state index is -0.544. The van der Waals surface area contributed by atoms with Crippen LogP contribution >= 0.6 is 0 Å². The smallest absolute Gasteiger partial charge is 0.408 e. The van der Waals surface area contributed by atoms with Crippen molar-refractivity contribution in [2.24, 2.45) is 0 Å². The molecule has 1 aliphatic rings. The van der Waals surface area contributed by atoms with E-state index in [2.05, 4.69) is 4.98 Å². The van der Waals surface area contributed by atoms with E-state index in [1.165, 1.54) is 0 Å². The van der Waals surface area contributed by atoms with Gasteiger partial charge in [-0.15, -0.1) is 0 Å². The number of carbonyl (C=O) groups is 2. The number of piperazine rings is 1. The molecule has 1 fully saturated rings. The minimum Gasteiger partial charge on any atom is -0.408 e. The summed E-state index contributed by atoms with van der Waals surface area (Å²) in [6, 6.07) is 12.4. The zero-order valence-corrected chi connectivity index (χ0v) is 14.9. The number of nitrogens with one attached hydrogen (secondary N) is 1. The lowest BCUT2D eigenvalue weighted by Crippen LogP contribution is -2.50. The van der Waals surface area contributed by atoms with Crippen LogP contribution in [0.15, 0.2) is 51.7 Å². The summed E-state index contributed by atoms with van der Waals surface area (Å²) in [6.45, 7) is 3.87. The van der Waals surface area contributed by atoms with Gasteiger partial charge in [0, 0.05) is 37.3 Å². The first-order valence-electron chi connectivity index (χ1n) is 8.79. The molecule has 0 aliphatic carbocycles. The van der Waals surface area contributed by atoms with Crippen LogP contribution in [0.1, 0.15) is 26.3 Å². The molecule has 1 N–H and O–H groups in total. The third kappa shape index (κ3) is 3.36. The van der Waals surface area contributed by atoms with E-state index in [0.717, 1.165) is 5.56 Å². The number of aryl methyl sites for hydroxylation is 1. The maximum absolute atomic E-state index is 12.7. The number of oxazole rings is 1. The molecule has 0 bridgehead atoms. The second kappa shape index (κ2) is 6.75. The molecular formula is C20H19N3O4. The molecule has 7 heteroatoms. The van der Waals surface area contributed by atoms with Gasteiger partial charge < -0.3 is 14.2 Å². The van der Waals surface area contributed by atoms with E-state index < -0.39 is 5.76 Å². The van der Waals surface area contributed by atoms with Crippen molar-refractivity contribution in [1.29, 1.82) is 0 Å². The fourth-order valence-corrected chi connectivity index (χ4v) is 3.34. The van der Waals surface area contributed by atoms with E-state index in [0.29, 0.717) is 48.4 Å². The molecule has 0 saturated carbocycles. The molecule has 2 heterocycles. The van der Waals surface area contributed by atoms with Gasteiger partial charge in [-0.1, -0.05) is 17.7 Å². The van der Waals surface area contributed by atoms with Crippen LogP contribution in [0.3, 0.4) is 0 Å². The Balaban J connectivity index is 1.44. The Morgan fingerprint density at radius 2 is 1.56 bits per heavy atom. The van der Waals surface area contributed by atoms with Crippen LogP contribution in [0.25, 0.3) is 11.1 Å². The zero-order chi connectivity index (χ0) is 19.0. The number of hydrogen-bond donors (Lipinski definition) is 1. The topological polar surface area (TPSA) is 86.6 Å². The number of carbonyl (C=O) groups excluding carboxylic acids is 2. The Hall–Kier alpha value is -3.35. The van der Waals surface area contributed by atoms with Crippen molar-refractivity contribution in [2.75, 3.05) is 26.2 Å². The fourth-order valence-electron chi connectivity index (χ4n) is 3.34. The largest absolute Gasteiger partial charge is 0.417 e. The molecule has 1 saturated heterocycles. The monoisotopic (exact) mass is 365 g/mol. The second-order valence-corrected chi connectivity index (χ2v) is 6.68. The van der Waals surface area contributed by atoms with Gasteiger partial charge in [0.25, 0.3) is 11.8 Å². The van der Waals surface area contributed by atoms with E-state index in [1.54, 1.807) is 28.0 Å². The Morgan fingerprint density at radius 3 is 2.19 bits per heavy atom. The SMILES string of the molecule is Cc1cccc(C(=O)N2CCN(C(=O)c3ccc4oc(=O)[nH]c4c3)CC2)c1. The van der Waals surface area contributed by atoms with Crippen LogP contribution in [-0.2, 0) is 0 Å². The lowest BCUT2D eigenvalue weighted by atomic mass is 10.1. The first kappa shape index (κ1) is 17.1. The lowest BCUT2D eigenvalue weighted by molar-refractivity contribution is 0.0535. The molecule has 1 aliphatic heterocycles. The number of nitrogens with zero attached hydrogens (tertiary/aromatic N) is 2. The van der Waals surface area contributed by atoms with Crippen LogP contribution in [0.4, 0.5) is 0 Å². The van der Waals surface area contributed by atoms with Gasteiger partial charge in [0.05, 0.1) is 5.52 Å². The number of fused-ring (bicyclic) bond motifs is 1. The molecule has 1 aromatic heterocycles. The highest BCUT2D eigenvalue weighted by molar-refractivity contribution is 5.98. The maximum Gasteiger partial charge on any atom is 0.417 e. The van der Waals surface area contributed by atoms with Gasteiger partial charge in [-0.25, -0.2) is 4.79 Å². The van der Waals surface area contributed by atoms with E-state index >= 15 is 0 Å². The standard InChI is InChI=1S/C20H19N3O4/c1-13-3-2-4-14(11-13)18(24)22-7-9-23(10-8-22)19(25)15-5-6-17-16(12-15)21-20(26)27-17/h2-6,11-12H,7-10H2,1H3,(H,21,26). The molecular weight excluding hydrogens is 346 g/mol. The Kier molecular flexibility index (Phi) is 4.27. The zero-order valence-electron chi connectivity index (χ0n) is 14.9. The summed E-state index contributed by atoms with van der Waals surface area (Å²) >= 11 is 0. The quantitative estimate of drug-likeness (QED) is 0.753. The van der Waals surface area contributed by atoms with Gasteiger partial charge in [-0.2, -0.15) is 0 Å². The summed E-state index contributed by atoms with van der Waals surface area (Å²) in [5.41, 5.74) is 3.12. The summed E-state index contributed by atoms with van der Waals surface area (Å²) in [6.07, 6.45) is 0. The molecule has 0 radical (unpaired) electrons. The summed E-state index contributed by atoms with van der Waals surface area (Å²) in [4.78, 5) is 42.7. The molecule has 4 rings (SSSR count). The van der Waals surface area contributed by atoms with Crippen molar-refractivity contribution in [3.63, 3.8) is 0 Å². The molecule has 3 aromatic rings. The predicted octanol–water partition coefficient (Wildman–Crippen LogP) is 2.03. The number of aromatic amines is 1. The van der Waals surface area contributed by atoms with Crippen molar-refractivity contribution in [2.45, 2.75) is 6.92 Å². The average molecular weight is 365 g/mol. The van der Waals surface area contributed by atoms with Crippen molar-refractivity contribution >= 4 is 22.9 Å². The Morgan fingerprint density at radius 1 is 0.926 bits per heavy atom. The molecule has 27 heavy (non-hydrogen) atoms. The van der Waals surface area contributed by atoms with Gasteiger partial charge in [-0.05, 0) is 37.3 Å². The third-order valence-corrected chi connectivity index (χ3v) is 4.79. The summed E-state index contributed by atoms with van der Waals surface area (Å²) in [7, 11) is 0. The molecule has 2 amide bonds. The molecule has 0 unspecified atom stereocenters. The van der Waals surface area contributed by atoms with Crippen molar-refractivity contribution in [1.82, 2.24) is 14.8 Å². The van der Waals surface area contributed by atoms with E-state index in [4.69, 9.17) is 4.42 Å². The van der Waals surface area contributed by atoms with E-state index in [1.807, 2.05) is 31.2 Å². The number of hydrogen-bond acceptors (Lipinski definition) is 4. The van der Waals surface area contributed by atoms with Gasteiger partial charge in [-0.3, -0.25) is 14.6 Å². The molecule has 0 atom stereocenters. The normalized spacial score (nSPS) is 14.6. The lowest BCUT2D eigenvalue weighted by Gasteiger charge is -2.35. The summed E-state index contributed by atoms with van der Waals surface area (Å²) < 4.78 is 4.96. The third-order valence-electron chi connectivity index (χ3n) is 4.79. The highest BCUT2D eigenvalue weighted by atomic mass is 16.4. The first-order valence-corrected chi connectivity index (χ1v) is 8.79. The number of rotatable bonds is 2. The van der Waals surface area contributed by atoms with Crippen molar-refractivity contribution in [3.8, 4) is 0 Å². The fraction of sp³-hybridized carbons (Fsp3) is 0.250. The van der Waals surface area contributed by atoms with Gasteiger partial charge in [0.15, 0.2) is 5.58 Å². The number of benzene rings is 2. The first-order chi connectivity index (χ1) is 13.0. The highest BCUT2D eigenvalue weighted by Crippen LogP contribution is 2.16. The van der Waals surface area contributed by atoms with Gasteiger partial charge in [0.2, 0.25) is 0 Å². The van der Waals surface area contributed by atoms with Crippen molar-refractivity contribution < 1.29 is 14.0 Å². The van der Waals surface area contributed by atoms with Crippen LogP contribution < -0.4 is 5.76 Å². The van der Waals surface area contributed by atoms with Gasteiger partial charge >= 0.3 is 5.76 Å². The average Bonchev–Trinajstić information content (AvgIpc) is 3.06. The van der Waals surface area contributed by atoms with E-state index in [-0.39, 0.29) is 11.8 Å². The molecule has 7 nitrogen and oxygen atoms in total. The van der Waals surface area contributed by atoms with Crippen LogP contribution in [-0.4, -0.2) is 52.8 Å². The van der Waals surface area contributed by atoms with Crippen LogP contribution in [0.5, 0.6) is 0 Å².